The van der Waals surface area contributed by atoms with E-state index in [0.717, 1.165) is 49.8 Å². The van der Waals surface area contributed by atoms with Crippen LogP contribution in [0.4, 0.5) is 0 Å². The molecule has 28 heavy (non-hydrogen) atoms. The molecule has 150 valence electrons. The molecule has 0 spiro atoms. The number of aliphatic hydroxyl groups excluding tert-OH is 1. The summed E-state index contributed by atoms with van der Waals surface area (Å²) >= 11 is 0. The van der Waals surface area contributed by atoms with Crippen molar-refractivity contribution >= 4 is 21.8 Å². The quantitative estimate of drug-likeness (QED) is 0.530. The Balaban J connectivity index is 1.91. The first-order chi connectivity index (χ1) is 13.7. The van der Waals surface area contributed by atoms with E-state index in [9.17, 15) is 9.90 Å². The van der Waals surface area contributed by atoms with Crippen LogP contribution in [0.2, 0.25) is 0 Å². The minimum atomic E-state index is -0.483. The van der Waals surface area contributed by atoms with Crippen molar-refractivity contribution in [1.82, 2.24) is 9.47 Å². The maximum atomic E-state index is 12.9. The Labute approximate surface area is 167 Å². The summed E-state index contributed by atoms with van der Waals surface area (Å²) in [5.41, 5.74) is 1.84. The van der Waals surface area contributed by atoms with Crippen LogP contribution in [0.5, 0.6) is 0 Å². The monoisotopic (exact) mass is 380 g/mol. The van der Waals surface area contributed by atoms with Gasteiger partial charge in [0.25, 0.3) is 0 Å². The first-order valence-electron chi connectivity index (χ1n) is 10.6. The van der Waals surface area contributed by atoms with Gasteiger partial charge < -0.3 is 14.6 Å². The van der Waals surface area contributed by atoms with Gasteiger partial charge in [-0.2, -0.15) is 0 Å². The number of hydrogen-bond acceptors (Lipinski definition) is 3. The van der Waals surface area contributed by atoms with Gasteiger partial charge in [-0.05, 0) is 50.2 Å². The lowest BCUT2D eigenvalue weighted by molar-refractivity contribution is 0.0981. The fourth-order valence-electron chi connectivity index (χ4n) is 3.90. The maximum Gasteiger partial charge on any atom is 0.197 e. The zero-order valence-electron chi connectivity index (χ0n) is 17.1. The molecule has 1 N–H and O–H groups in total. The van der Waals surface area contributed by atoms with Crippen molar-refractivity contribution in [2.75, 3.05) is 19.6 Å². The van der Waals surface area contributed by atoms with Crippen LogP contribution in [0.1, 0.15) is 39.5 Å². The van der Waals surface area contributed by atoms with Crippen LogP contribution in [0.3, 0.4) is 0 Å². The van der Waals surface area contributed by atoms with Gasteiger partial charge in [0.2, 0.25) is 0 Å². The zero-order valence-corrected chi connectivity index (χ0v) is 17.1. The highest BCUT2D eigenvalue weighted by molar-refractivity contribution is 5.93. The molecular weight excluding hydrogens is 348 g/mol. The molecule has 1 atom stereocenters. The highest BCUT2D eigenvalue weighted by Gasteiger charge is 2.16. The Hall–Kier alpha value is -2.17. The highest BCUT2D eigenvalue weighted by atomic mass is 16.3. The number of hydrogen-bond donors (Lipinski definition) is 1. The first kappa shape index (κ1) is 20.6. The largest absolute Gasteiger partial charge is 0.390 e. The van der Waals surface area contributed by atoms with E-state index in [-0.39, 0.29) is 5.43 Å². The fourth-order valence-corrected chi connectivity index (χ4v) is 3.90. The average molecular weight is 381 g/mol. The van der Waals surface area contributed by atoms with Gasteiger partial charge in [0, 0.05) is 17.3 Å². The second kappa shape index (κ2) is 9.85. The fraction of sp³-hybridized carbons (Fsp3) is 0.458. The number of pyridine rings is 1. The van der Waals surface area contributed by atoms with Crippen LogP contribution in [0, 0.1) is 0 Å². The van der Waals surface area contributed by atoms with E-state index >= 15 is 0 Å². The number of aliphatic hydroxyl groups is 1. The Bertz CT molecular complexity index is 896. The summed E-state index contributed by atoms with van der Waals surface area (Å²) in [6, 6.07) is 15.4. The number of aromatic nitrogens is 1. The SMILES string of the molecule is CCCCN(CCCC)C[C@@H](O)Cn1c2ccccc2c(=O)c2ccccc21. The molecule has 0 fully saturated rings. The number of fused-ring (bicyclic) bond motifs is 2. The molecule has 4 nitrogen and oxygen atoms in total. The Kier molecular flexibility index (Phi) is 7.24. The third kappa shape index (κ3) is 4.62. The van der Waals surface area contributed by atoms with Gasteiger partial charge in [-0.25, -0.2) is 0 Å². The molecule has 0 radical (unpaired) electrons. The van der Waals surface area contributed by atoms with E-state index < -0.39 is 6.10 Å². The first-order valence-corrected chi connectivity index (χ1v) is 10.6. The molecule has 1 heterocycles. The van der Waals surface area contributed by atoms with E-state index in [1.165, 1.54) is 0 Å². The Morgan fingerprint density at radius 2 is 1.39 bits per heavy atom. The van der Waals surface area contributed by atoms with Crippen LogP contribution < -0.4 is 5.43 Å². The van der Waals surface area contributed by atoms with E-state index in [4.69, 9.17) is 0 Å². The topological polar surface area (TPSA) is 45.5 Å². The Morgan fingerprint density at radius 1 is 0.893 bits per heavy atom. The van der Waals surface area contributed by atoms with E-state index in [2.05, 4.69) is 23.3 Å². The van der Waals surface area contributed by atoms with Gasteiger partial charge in [0.1, 0.15) is 0 Å². The summed E-state index contributed by atoms with van der Waals surface area (Å²) in [4.78, 5) is 15.2. The van der Waals surface area contributed by atoms with Gasteiger partial charge in [-0.1, -0.05) is 51.0 Å². The normalized spacial score (nSPS) is 12.9. The summed E-state index contributed by atoms with van der Waals surface area (Å²) in [5.74, 6) is 0. The lowest BCUT2D eigenvalue weighted by Crippen LogP contribution is -2.36. The summed E-state index contributed by atoms with van der Waals surface area (Å²) in [6.45, 7) is 7.60. The summed E-state index contributed by atoms with van der Waals surface area (Å²) in [6.07, 6.45) is 4.14. The standard InChI is InChI=1S/C24H32N2O2/c1-3-5-15-25(16-6-4-2)17-19(27)18-26-22-13-9-7-11-20(22)24(28)21-12-8-10-14-23(21)26/h7-14,19,27H,3-6,15-18H2,1-2H3/t19-/m1/s1. The van der Waals surface area contributed by atoms with Crippen LogP contribution in [0.15, 0.2) is 53.3 Å². The molecule has 3 rings (SSSR count). The van der Waals surface area contributed by atoms with Crippen LogP contribution >= 0.6 is 0 Å². The Morgan fingerprint density at radius 3 is 1.89 bits per heavy atom. The minimum absolute atomic E-state index is 0.0597. The van der Waals surface area contributed by atoms with Gasteiger partial charge in [0.15, 0.2) is 5.43 Å². The predicted molar refractivity (Wildman–Crippen MR) is 118 cm³/mol. The van der Waals surface area contributed by atoms with Crippen molar-refractivity contribution in [1.29, 1.82) is 0 Å². The summed E-state index contributed by atoms with van der Waals surface area (Å²) < 4.78 is 2.11. The second-order valence-electron chi connectivity index (χ2n) is 7.64. The molecular formula is C24H32N2O2. The second-order valence-corrected chi connectivity index (χ2v) is 7.64. The van der Waals surface area contributed by atoms with Crippen LogP contribution in [0.25, 0.3) is 21.8 Å². The molecule has 0 aliphatic carbocycles. The lowest BCUT2D eigenvalue weighted by atomic mass is 10.1. The number of unbranched alkanes of at least 4 members (excludes halogenated alkanes) is 2. The molecule has 0 bridgehead atoms. The van der Waals surface area contributed by atoms with Gasteiger partial charge in [0.05, 0.1) is 23.7 Å². The van der Waals surface area contributed by atoms with Crippen molar-refractivity contribution in [3.63, 3.8) is 0 Å². The minimum Gasteiger partial charge on any atom is -0.390 e. The molecule has 0 amide bonds. The highest BCUT2D eigenvalue weighted by Crippen LogP contribution is 2.19. The van der Waals surface area contributed by atoms with Crippen molar-refractivity contribution < 1.29 is 5.11 Å². The van der Waals surface area contributed by atoms with Crippen LogP contribution in [-0.4, -0.2) is 40.3 Å². The van der Waals surface area contributed by atoms with E-state index in [1.807, 2.05) is 48.5 Å². The van der Waals surface area contributed by atoms with E-state index in [0.29, 0.717) is 23.9 Å². The third-order valence-electron chi connectivity index (χ3n) is 5.40. The molecule has 3 aromatic rings. The maximum absolute atomic E-state index is 12.9. The van der Waals surface area contributed by atoms with Crippen molar-refractivity contribution in [2.45, 2.75) is 52.2 Å². The summed E-state index contributed by atoms with van der Waals surface area (Å²) in [7, 11) is 0. The number of para-hydroxylation sites is 2. The molecule has 0 aliphatic heterocycles. The predicted octanol–water partition coefficient (Wildman–Crippen LogP) is 4.42. The molecule has 1 aromatic heterocycles. The van der Waals surface area contributed by atoms with Crippen molar-refractivity contribution in [2.24, 2.45) is 0 Å². The molecule has 0 unspecified atom stereocenters. The zero-order chi connectivity index (χ0) is 19.9. The molecule has 0 aliphatic rings. The van der Waals surface area contributed by atoms with Gasteiger partial charge >= 0.3 is 0 Å². The van der Waals surface area contributed by atoms with Crippen LogP contribution in [-0.2, 0) is 6.54 Å². The van der Waals surface area contributed by atoms with E-state index in [1.54, 1.807) is 0 Å². The molecule has 0 saturated heterocycles. The summed E-state index contributed by atoms with van der Waals surface area (Å²) in [5, 5.41) is 12.3. The number of rotatable bonds is 10. The lowest BCUT2D eigenvalue weighted by Gasteiger charge is -2.26. The number of nitrogens with zero attached hydrogens (tertiary/aromatic N) is 2. The number of benzene rings is 2. The van der Waals surface area contributed by atoms with Gasteiger partial charge in [-0.3, -0.25) is 4.79 Å². The molecule has 2 aromatic carbocycles. The third-order valence-corrected chi connectivity index (χ3v) is 5.40. The van der Waals surface area contributed by atoms with Crippen molar-refractivity contribution in [3.8, 4) is 0 Å². The van der Waals surface area contributed by atoms with Crippen molar-refractivity contribution in [3.05, 3.63) is 58.8 Å². The average Bonchev–Trinajstić information content (AvgIpc) is 2.73. The van der Waals surface area contributed by atoms with Gasteiger partial charge in [-0.15, -0.1) is 0 Å². The molecule has 0 saturated carbocycles. The smallest absolute Gasteiger partial charge is 0.197 e. The molecule has 4 heteroatoms.